The van der Waals surface area contributed by atoms with Crippen LogP contribution in [0.15, 0.2) is 66.7 Å². The Morgan fingerprint density at radius 2 is 1.57 bits per heavy atom. The molecule has 3 aromatic carbocycles. The number of carboxylic acid groups (broad SMARTS) is 1. The second-order valence-corrected chi connectivity index (χ2v) is 6.91. The number of carbonyl (C=O) groups excluding carboxylic acids is 1. The molecule has 7 heteroatoms. The standard InChI is InChI=1S/C23H21N3O3.Na/c1-14(23(28)29)24-16-10-15(13-27)11-17(12-16)25-22-18-6-2-4-8-20(18)26-21-9-5-3-7-19(21)22;/h2-12,14,24,27H,13H2,1H3,(H,25,26)(H,28,29);/q;+1/p-1. The maximum atomic E-state index is 11.1. The van der Waals surface area contributed by atoms with E-state index in [0.29, 0.717) is 11.3 Å². The van der Waals surface area contributed by atoms with Crippen molar-refractivity contribution in [2.24, 2.45) is 0 Å². The van der Waals surface area contributed by atoms with E-state index in [1.165, 1.54) is 6.92 Å². The number of benzene rings is 3. The summed E-state index contributed by atoms with van der Waals surface area (Å²) in [6, 6.07) is 20.2. The topological polar surface area (TPSA) is 97.3 Å². The van der Waals surface area contributed by atoms with Gasteiger partial charge in [-0.2, -0.15) is 0 Å². The molecule has 0 fully saturated rings. The molecule has 0 saturated heterocycles. The number of nitrogens with zero attached hydrogens (tertiary/aromatic N) is 1. The number of aliphatic carboxylic acids is 1. The van der Waals surface area contributed by atoms with E-state index in [-0.39, 0.29) is 36.2 Å². The fourth-order valence-electron chi connectivity index (χ4n) is 3.37. The van der Waals surface area contributed by atoms with Crippen molar-refractivity contribution in [3.8, 4) is 0 Å². The number of para-hydroxylation sites is 2. The number of hydrogen-bond donors (Lipinski definition) is 3. The molecule has 0 amide bonds. The Morgan fingerprint density at radius 1 is 1.00 bits per heavy atom. The monoisotopic (exact) mass is 409 g/mol. The number of aliphatic hydroxyl groups excluding tert-OH is 1. The van der Waals surface area contributed by atoms with Gasteiger partial charge in [0.2, 0.25) is 0 Å². The molecule has 4 aromatic rings. The van der Waals surface area contributed by atoms with Crippen molar-refractivity contribution in [2.75, 3.05) is 10.6 Å². The van der Waals surface area contributed by atoms with Crippen LogP contribution in [0.25, 0.3) is 21.8 Å². The minimum Gasteiger partial charge on any atom is -0.548 e. The quantitative estimate of drug-likeness (QED) is 0.311. The molecule has 6 nitrogen and oxygen atoms in total. The van der Waals surface area contributed by atoms with Gasteiger partial charge in [0.05, 0.1) is 35.3 Å². The summed E-state index contributed by atoms with van der Waals surface area (Å²) in [5, 5.41) is 29.0. The van der Waals surface area contributed by atoms with Gasteiger partial charge >= 0.3 is 29.6 Å². The number of carbonyl (C=O) groups is 1. The van der Waals surface area contributed by atoms with Crippen molar-refractivity contribution >= 4 is 44.8 Å². The van der Waals surface area contributed by atoms with Gasteiger partial charge in [0, 0.05) is 22.1 Å². The van der Waals surface area contributed by atoms with Crippen LogP contribution in [0.3, 0.4) is 0 Å². The average Bonchev–Trinajstić information content (AvgIpc) is 2.73. The van der Waals surface area contributed by atoms with Crippen molar-refractivity contribution in [3.05, 3.63) is 72.3 Å². The summed E-state index contributed by atoms with van der Waals surface area (Å²) < 4.78 is 0. The predicted molar refractivity (Wildman–Crippen MR) is 113 cm³/mol. The zero-order valence-corrected chi connectivity index (χ0v) is 18.8. The molecule has 0 aliphatic heterocycles. The van der Waals surface area contributed by atoms with Crippen LogP contribution in [0.5, 0.6) is 0 Å². The molecule has 146 valence electrons. The second kappa shape index (κ2) is 9.45. The third-order valence-corrected chi connectivity index (χ3v) is 4.77. The number of fused-ring (bicyclic) bond motifs is 2. The first-order chi connectivity index (χ1) is 14.0. The molecule has 0 aliphatic carbocycles. The van der Waals surface area contributed by atoms with Crippen molar-refractivity contribution in [1.82, 2.24) is 4.98 Å². The van der Waals surface area contributed by atoms with Gasteiger partial charge in [-0.1, -0.05) is 36.4 Å². The van der Waals surface area contributed by atoms with Crippen LogP contribution in [-0.2, 0) is 11.4 Å². The molecule has 30 heavy (non-hydrogen) atoms. The van der Waals surface area contributed by atoms with Gasteiger partial charge in [-0.3, -0.25) is 0 Å². The molecule has 0 spiro atoms. The van der Waals surface area contributed by atoms with Crippen molar-refractivity contribution in [1.29, 1.82) is 0 Å². The zero-order valence-electron chi connectivity index (χ0n) is 16.8. The number of nitrogens with one attached hydrogen (secondary N) is 2. The molecule has 1 heterocycles. The van der Waals surface area contributed by atoms with Crippen LogP contribution in [0.2, 0.25) is 0 Å². The van der Waals surface area contributed by atoms with E-state index < -0.39 is 12.0 Å². The van der Waals surface area contributed by atoms with Crippen LogP contribution in [0, 0.1) is 0 Å². The number of aliphatic hydroxyl groups is 1. The Labute approximate surface area is 196 Å². The van der Waals surface area contributed by atoms with E-state index in [0.717, 1.165) is 33.2 Å². The average molecular weight is 409 g/mol. The molecule has 0 saturated carbocycles. The van der Waals surface area contributed by atoms with Gasteiger partial charge in [-0.05, 0) is 42.8 Å². The van der Waals surface area contributed by atoms with Gasteiger partial charge in [-0.25, -0.2) is 4.98 Å². The van der Waals surface area contributed by atoms with E-state index in [2.05, 4.69) is 10.6 Å². The summed E-state index contributed by atoms with van der Waals surface area (Å²) in [4.78, 5) is 15.8. The first-order valence-electron chi connectivity index (χ1n) is 9.32. The number of aromatic nitrogens is 1. The van der Waals surface area contributed by atoms with Crippen LogP contribution < -0.4 is 45.3 Å². The fraction of sp³-hybridized carbons (Fsp3) is 0.130. The molecule has 0 bridgehead atoms. The molecular formula is C23H20N3NaO3. The molecule has 0 aliphatic rings. The van der Waals surface area contributed by atoms with Gasteiger partial charge in [0.25, 0.3) is 0 Å². The summed E-state index contributed by atoms with van der Waals surface area (Å²) in [5.74, 6) is -1.19. The van der Waals surface area contributed by atoms with E-state index in [4.69, 9.17) is 4.98 Å². The van der Waals surface area contributed by atoms with Crippen LogP contribution in [0.1, 0.15) is 12.5 Å². The van der Waals surface area contributed by atoms with Crippen molar-refractivity contribution in [2.45, 2.75) is 19.6 Å². The SMILES string of the molecule is CC(Nc1cc(CO)cc(Nc2c3ccccc3nc3ccccc23)c1)C(=O)[O-].[Na+]. The molecule has 4 rings (SSSR count). The third kappa shape index (κ3) is 4.57. The van der Waals surface area contributed by atoms with Gasteiger partial charge < -0.3 is 25.6 Å². The van der Waals surface area contributed by atoms with E-state index in [9.17, 15) is 15.0 Å². The van der Waals surface area contributed by atoms with Crippen molar-refractivity contribution in [3.63, 3.8) is 0 Å². The summed E-state index contributed by atoms with van der Waals surface area (Å²) in [6.07, 6.45) is 0. The minimum atomic E-state index is -1.19. The molecule has 1 unspecified atom stereocenters. The number of pyridine rings is 1. The van der Waals surface area contributed by atoms with Gasteiger partial charge in [0.15, 0.2) is 0 Å². The minimum absolute atomic E-state index is 0. The van der Waals surface area contributed by atoms with E-state index in [1.807, 2.05) is 60.7 Å². The second-order valence-electron chi connectivity index (χ2n) is 6.91. The fourth-order valence-corrected chi connectivity index (χ4v) is 3.37. The van der Waals surface area contributed by atoms with Crippen LogP contribution >= 0.6 is 0 Å². The summed E-state index contributed by atoms with van der Waals surface area (Å²) >= 11 is 0. The van der Waals surface area contributed by atoms with E-state index in [1.54, 1.807) is 6.07 Å². The number of rotatable bonds is 6. The molecule has 1 aromatic heterocycles. The zero-order chi connectivity index (χ0) is 20.4. The Morgan fingerprint density at radius 3 is 2.13 bits per heavy atom. The number of carboxylic acids is 1. The Kier molecular flexibility index (Phi) is 6.95. The van der Waals surface area contributed by atoms with Crippen LogP contribution in [-0.4, -0.2) is 22.1 Å². The van der Waals surface area contributed by atoms with E-state index >= 15 is 0 Å². The Hall–Kier alpha value is -2.64. The maximum absolute atomic E-state index is 11.1. The largest absolute Gasteiger partial charge is 1.00 e. The van der Waals surface area contributed by atoms with Crippen LogP contribution in [0.4, 0.5) is 17.1 Å². The first kappa shape index (κ1) is 22.1. The Bertz CT molecular complexity index is 1160. The first-order valence-corrected chi connectivity index (χ1v) is 9.32. The Balaban J connectivity index is 0.00000256. The molecule has 0 radical (unpaired) electrons. The normalized spacial score (nSPS) is 11.7. The maximum Gasteiger partial charge on any atom is 1.00 e. The summed E-state index contributed by atoms with van der Waals surface area (Å²) in [5.41, 5.74) is 4.61. The van der Waals surface area contributed by atoms with Crippen molar-refractivity contribution < 1.29 is 44.6 Å². The molecule has 3 N–H and O–H groups in total. The third-order valence-electron chi connectivity index (χ3n) is 4.77. The van der Waals surface area contributed by atoms with Gasteiger partial charge in [0.1, 0.15) is 0 Å². The molecular weight excluding hydrogens is 389 g/mol. The molecule has 1 atom stereocenters. The number of hydrogen-bond acceptors (Lipinski definition) is 6. The summed E-state index contributed by atoms with van der Waals surface area (Å²) in [7, 11) is 0. The number of anilines is 3. The smallest absolute Gasteiger partial charge is 0.548 e. The predicted octanol–water partition coefficient (Wildman–Crippen LogP) is 0.178. The van der Waals surface area contributed by atoms with Gasteiger partial charge in [-0.15, -0.1) is 0 Å². The summed E-state index contributed by atoms with van der Waals surface area (Å²) in [6.45, 7) is 1.35.